The number of nitrogen functional groups attached to an aromatic ring is 1. The van der Waals surface area contributed by atoms with Crippen LogP contribution in [-0.2, 0) is 4.74 Å². The van der Waals surface area contributed by atoms with Crippen molar-refractivity contribution in [3.8, 4) is 5.82 Å². The largest absolute Gasteiger partial charge is 0.461 e. The number of nitrogens with zero attached hydrogens (tertiary/aromatic N) is 3. The van der Waals surface area contributed by atoms with Gasteiger partial charge < -0.3 is 15.0 Å². The molecule has 0 aliphatic carbocycles. The molecule has 16 heavy (non-hydrogen) atoms. The van der Waals surface area contributed by atoms with Gasteiger partial charge in [-0.05, 0) is 6.92 Å². The van der Waals surface area contributed by atoms with Gasteiger partial charge in [-0.1, -0.05) is 5.16 Å². The lowest BCUT2D eigenvalue weighted by Crippen LogP contribution is -2.09. The van der Waals surface area contributed by atoms with Crippen LogP contribution in [0.15, 0.2) is 23.2 Å². The third-order valence-electron chi connectivity index (χ3n) is 1.94. The van der Waals surface area contributed by atoms with Crippen molar-refractivity contribution in [1.82, 2.24) is 14.7 Å². The molecule has 2 aromatic rings. The Kier molecular flexibility index (Phi) is 2.59. The zero-order chi connectivity index (χ0) is 11.5. The number of anilines is 1. The number of imidazole rings is 1. The molecule has 0 aromatic carbocycles. The molecule has 0 aliphatic heterocycles. The van der Waals surface area contributed by atoms with Crippen LogP contribution in [0.4, 0.5) is 5.82 Å². The fraction of sp³-hybridized carbons (Fsp3) is 0.222. The SMILES string of the molecule is CCOC(=O)c1ncn(-c2ccon2)c1N. The van der Waals surface area contributed by atoms with Crippen LogP contribution in [0.5, 0.6) is 0 Å². The summed E-state index contributed by atoms with van der Waals surface area (Å²) >= 11 is 0. The first-order valence-corrected chi connectivity index (χ1v) is 4.64. The Morgan fingerprint density at radius 1 is 1.69 bits per heavy atom. The Hall–Kier alpha value is -2.31. The van der Waals surface area contributed by atoms with Crippen LogP contribution in [-0.4, -0.2) is 27.3 Å². The zero-order valence-corrected chi connectivity index (χ0v) is 8.58. The molecule has 7 nitrogen and oxygen atoms in total. The van der Waals surface area contributed by atoms with Crippen molar-refractivity contribution >= 4 is 11.8 Å². The first-order chi connectivity index (χ1) is 7.74. The molecule has 0 unspecified atom stereocenters. The van der Waals surface area contributed by atoms with E-state index in [1.165, 1.54) is 17.2 Å². The summed E-state index contributed by atoms with van der Waals surface area (Å²) in [6, 6.07) is 1.60. The topological polar surface area (TPSA) is 96.2 Å². The molecule has 0 radical (unpaired) electrons. The monoisotopic (exact) mass is 222 g/mol. The van der Waals surface area contributed by atoms with Crippen LogP contribution in [0.25, 0.3) is 5.82 Å². The average molecular weight is 222 g/mol. The smallest absolute Gasteiger partial charge is 0.360 e. The van der Waals surface area contributed by atoms with Crippen LogP contribution in [0.3, 0.4) is 0 Å². The number of ether oxygens (including phenoxy) is 1. The molecule has 0 aliphatic rings. The van der Waals surface area contributed by atoms with E-state index in [2.05, 4.69) is 14.7 Å². The normalized spacial score (nSPS) is 10.3. The summed E-state index contributed by atoms with van der Waals surface area (Å²) in [6.45, 7) is 1.98. The van der Waals surface area contributed by atoms with Gasteiger partial charge in [-0.3, -0.25) is 4.57 Å². The van der Waals surface area contributed by atoms with Gasteiger partial charge in [0.25, 0.3) is 0 Å². The number of carbonyl (C=O) groups excluding carboxylic acids is 1. The van der Waals surface area contributed by atoms with Crippen molar-refractivity contribution < 1.29 is 14.1 Å². The maximum atomic E-state index is 11.4. The molecule has 84 valence electrons. The average Bonchev–Trinajstić information content (AvgIpc) is 2.86. The Labute approximate surface area is 90.8 Å². The molecule has 2 N–H and O–H groups in total. The van der Waals surface area contributed by atoms with Crippen molar-refractivity contribution in [3.63, 3.8) is 0 Å². The summed E-state index contributed by atoms with van der Waals surface area (Å²) in [5.41, 5.74) is 5.82. The standard InChI is InChI=1S/C9H10N4O3/c1-2-15-9(14)7-8(10)13(5-11-7)6-3-4-16-12-6/h3-5H,2,10H2,1H3. The Morgan fingerprint density at radius 2 is 2.50 bits per heavy atom. The minimum Gasteiger partial charge on any atom is -0.461 e. The second-order valence-corrected chi connectivity index (χ2v) is 2.93. The summed E-state index contributed by atoms with van der Waals surface area (Å²) in [5, 5.41) is 3.68. The fourth-order valence-electron chi connectivity index (χ4n) is 1.23. The Bertz CT molecular complexity index is 489. The van der Waals surface area contributed by atoms with Crippen molar-refractivity contribution in [1.29, 1.82) is 0 Å². The summed E-state index contributed by atoms with van der Waals surface area (Å²) in [4.78, 5) is 15.3. The number of nitrogens with two attached hydrogens (primary N) is 1. The highest BCUT2D eigenvalue weighted by atomic mass is 16.5. The molecule has 7 heteroatoms. The number of rotatable bonds is 3. The highest BCUT2D eigenvalue weighted by Crippen LogP contribution is 2.16. The summed E-state index contributed by atoms with van der Waals surface area (Å²) in [7, 11) is 0. The van der Waals surface area contributed by atoms with Crippen LogP contribution in [0, 0.1) is 0 Å². The molecule has 2 aromatic heterocycles. The quantitative estimate of drug-likeness (QED) is 0.764. The van der Waals surface area contributed by atoms with Crippen molar-refractivity contribution in [2.45, 2.75) is 6.92 Å². The van der Waals surface area contributed by atoms with Crippen molar-refractivity contribution in [2.75, 3.05) is 12.3 Å². The van der Waals surface area contributed by atoms with E-state index < -0.39 is 5.97 Å². The molecule has 0 atom stereocenters. The number of carbonyl (C=O) groups is 1. The summed E-state index contributed by atoms with van der Waals surface area (Å²) in [6.07, 6.45) is 2.79. The second kappa shape index (κ2) is 4.05. The van der Waals surface area contributed by atoms with Gasteiger partial charge in [0.1, 0.15) is 18.4 Å². The molecule has 2 heterocycles. The van der Waals surface area contributed by atoms with E-state index in [1.807, 2.05) is 0 Å². The molecular formula is C9H10N4O3. The lowest BCUT2D eigenvalue weighted by Gasteiger charge is -2.01. The molecule has 0 saturated heterocycles. The Morgan fingerprint density at radius 3 is 3.12 bits per heavy atom. The summed E-state index contributed by atoms with van der Waals surface area (Å²) in [5.74, 6) is 0.0788. The van der Waals surface area contributed by atoms with Gasteiger partial charge in [-0.15, -0.1) is 0 Å². The van der Waals surface area contributed by atoms with Gasteiger partial charge in [0, 0.05) is 6.07 Å². The van der Waals surface area contributed by atoms with E-state index in [0.717, 1.165) is 0 Å². The number of hydrogen-bond donors (Lipinski definition) is 1. The van der Waals surface area contributed by atoms with E-state index in [-0.39, 0.29) is 18.1 Å². The van der Waals surface area contributed by atoms with Crippen LogP contribution >= 0.6 is 0 Å². The lowest BCUT2D eigenvalue weighted by atomic mass is 10.4. The van der Waals surface area contributed by atoms with E-state index >= 15 is 0 Å². The predicted octanol–water partition coefficient (Wildman–Crippen LogP) is 0.619. The van der Waals surface area contributed by atoms with Crippen molar-refractivity contribution in [2.24, 2.45) is 0 Å². The van der Waals surface area contributed by atoms with Crippen LogP contribution < -0.4 is 5.73 Å². The predicted molar refractivity (Wildman–Crippen MR) is 54.0 cm³/mol. The first-order valence-electron chi connectivity index (χ1n) is 4.64. The van der Waals surface area contributed by atoms with E-state index in [9.17, 15) is 4.79 Å². The van der Waals surface area contributed by atoms with Gasteiger partial charge in [0.2, 0.25) is 0 Å². The highest BCUT2D eigenvalue weighted by molar-refractivity contribution is 5.92. The van der Waals surface area contributed by atoms with Gasteiger partial charge in [-0.2, -0.15) is 0 Å². The molecule has 0 amide bonds. The van der Waals surface area contributed by atoms with E-state index in [4.69, 9.17) is 10.5 Å². The Balaban J connectivity index is 2.35. The fourth-order valence-corrected chi connectivity index (χ4v) is 1.23. The first kappa shape index (κ1) is 10.2. The highest BCUT2D eigenvalue weighted by Gasteiger charge is 2.18. The second-order valence-electron chi connectivity index (χ2n) is 2.93. The number of hydrogen-bond acceptors (Lipinski definition) is 6. The van der Waals surface area contributed by atoms with Gasteiger partial charge in [0.15, 0.2) is 11.5 Å². The number of aromatic nitrogens is 3. The molecule has 0 bridgehead atoms. The van der Waals surface area contributed by atoms with Crippen molar-refractivity contribution in [3.05, 3.63) is 24.4 Å². The molecule has 0 spiro atoms. The molecule has 2 rings (SSSR count). The van der Waals surface area contributed by atoms with Gasteiger partial charge in [0.05, 0.1) is 6.61 Å². The lowest BCUT2D eigenvalue weighted by molar-refractivity contribution is 0.0521. The van der Waals surface area contributed by atoms with Gasteiger partial charge >= 0.3 is 5.97 Å². The molecular weight excluding hydrogens is 212 g/mol. The van der Waals surface area contributed by atoms with Crippen LogP contribution in [0.1, 0.15) is 17.4 Å². The summed E-state index contributed by atoms with van der Waals surface area (Å²) < 4.78 is 10.9. The van der Waals surface area contributed by atoms with Crippen LogP contribution in [0.2, 0.25) is 0 Å². The van der Waals surface area contributed by atoms with Gasteiger partial charge in [-0.25, -0.2) is 9.78 Å². The minimum atomic E-state index is -0.553. The maximum absolute atomic E-state index is 11.4. The maximum Gasteiger partial charge on any atom is 0.360 e. The van der Waals surface area contributed by atoms with E-state index in [1.54, 1.807) is 13.0 Å². The van der Waals surface area contributed by atoms with E-state index in [0.29, 0.717) is 5.82 Å². The third-order valence-corrected chi connectivity index (χ3v) is 1.94. The number of esters is 1. The zero-order valence-electron chi connectivity index (χ0n) is 8.58. The molecule has 0 fully saturated rings. The molecule has 0 saturated carbocycles. The third kappa shape index (κ3) is 1.62. The minimum absolute atomic E-state index is 0.0739.